The number of likely N-dealkylation sites (tertiary alicyclic amines) is 1. The highest BCUT2D eigenvalue weighted by Crippen LogP contribution is 2.36. The lowest BCUT2D eigenvalue weighted by Gasteiger charge is -2.31. The molecule has 4 amide bonds. The first-order valence-electron chi connectivity index (χ1n) is 10.5. The lowest BCUT2D eigenvalue weighted by Crippen LogP contribution is -2.46. The quantitative estimate of drug-likeness (QED) is 0.434. The van der Waals surface area contributed by atoms with Gasteiger partial charge in [-0.25, -0.2) is 19.4 Å². The number of hydrogen-bond donors (Lipinski definition) is 3. The predicted molar refractivity (Wildman–Crippen MR) is 131 cm³/mol. The van der Waals surface area contributed by atoms with Crippen molar-refractivity contribution >= 4 is 52.5 Å². The number of piperidine rings is 1. The maximum Gasteiger partial charge on any atom is 0.350 e. The number of pyridine rings is 1. The van der Waals surface area contributed by atoms with Crippen LogP contribution in [0.5, 0.6) is 0 Å². The summed E-state index contributed by atoms with van der Waals surface area (Å²) in [6, 6.07) is 12.9. The number of thiophene rings is 1. The van der Waals surface area contributed by atoms with Gasteiger partial charge in [0.15, 0.2) is 0 Å². The number of carbonyl (C=O) groups excluding carboxylic acids is 3. The summed E-state index contributed by atoms with van der Waals surface area (Å²) >= 11 is 7.19. The number of nitrogens with one attached hydrogen (secondary N) is 2. The Morgan fingerprint density at radius 3 is 2.65 bits per heavy atom. The van der Waals surface area contributed by atoms with E-state index in [9.17, 15) is 14.4 Å². The largest absolute Gasteiger partial charge is 0.456 e. The second-order valence-electron chi connectivity index (χ2n) is 7.61. The molecule has 1 saturated heterocycles. The molecule has 1 aliphatic heterocycles. The van der Waals surface area contributed by atoms with Crippen molar-refractivity contribution in [2.24, 2.45) is 5.73 Å². The number of halogens is 1. The Morgan fingerprint density at radius 1 is 1.15 bits per heavy atom. The highest BCUT2D eigenvalue weighted by atomic mass is 35.5. The summed E-state index contributed by atoms with van der Waals surface area (Å²) in [7, 11) is 0. The van der Waals surface area contributed by atoms with Gasteiger partial charge in [-0.1, -0.05) is 29.8 Å². The number of amides is 4. The van der Waals surface area contributed by atoms with Crippen LogP contribution in [0, 0.1) is 0 Å². The van der Waals surface area contributed by atoms with Crippen LogP contribution in [0.1, 0.15) is 22.5 Å². The third kappa shape index (κ3) is 5.83. The number of nitrogens with two attached hydrogens (primary N) is 1. The van der Waals surface area contributed by atoms with Gasteiger partial charge in [0.1, 0.15) is 16.8 Å². The molecule has 2 aromatic heterocycles. The minimum absolute atomic E-state index is 0.234. The molecule has 1 atom stereocenters. The Balaban J connectivity index is 1.56. The third-order valence-corrected chi connectivity index (χ3v) is 6.58. The number of aromatic nitrogens is 1. The van der Waals surface area contributed by atoms with E-state index in [2.05, 4.69) is 15.6 Å². The molecule has 34 heavy (non-hydrogen) atoms. The van der Waals surface area contributed by atoms with Crippen molar-refractivity contribution in [1.29, 1.82) is 0 Å². The molecule has 176 valence electrons. The zero-order valence-corrected chi connectivity index (χ0v) is 19.6. The molecule has 3 aromatic rings. The Bertz CT molecular complexity index is 1190. The maximum atomic E-state index is 13.1. The molecular weight excluding hydrogens is 478 g/mol. The van der Waals surface area contributed by atoms with Crippen LogP contribution >= 0.6 is 22.9 Å². The Morgan fingerprint density at radius 2 is 1.94 bits per heavy atom. The molecule has 3 heterocycles. The number of ether oxygens (including phenoxy) is 1. The molecule has 0 saturated carbocycles. The van der Waals surface area contributed by atoms with Crippen LogP contribution < -0.4 is 16.4 Å². The highest BCUT2D eigenvalue weighted by Gasteiger charge is 2.28. The fourth-order valence-electron chi connectivity index (χ4n) is 3.54. The van der Waals surface area contributed by atoms with E-state index in [1.54, 1.807) is 42.6 Å². The molecule has 1 unspecified atom stereocenters. The van der Waals surface area contributed by atoms with Crippen molar-refractivity contribution in [3.63, 3.8) is 0 Å². The van der Waals surface area contributed by atoms with Gasteiger partial charge in [0, 0.05) is 22.6 Å². The molecular formula is C23H22ClN5O4S. The Hall–Kier alpha value is -3.63. The molecule has 11 heteroatoms. The maximum absolute atomic E-state index is 13.1. The van der Waals surface area contributed by atoms with Crippen molar-refractivity contribution in [3.05, 3.63) is 64.6 Å². The summed E-state index contributed by atoms with van der Waals surface area (Å²) < 4.78 is 5.68. The van der Waals surface area contributed by atoms with Gasteiger partial charge in [-0.3, -0.25) is 5.32 Å². The number of primary amides is 1. The molecule has 9 nitrogen and oxygen atoms in total. The topological polar surface area (TPSA) is 127 Å². The van der Waals surface area contributed by atoms with E-state index in [4.69, 9.17) is 22.1 Å². The lowest BCUT2D eigenvalue weighted by atomic mass is 10.1. The van der Waals surface area contributed by atoms with Crippen LogP contribution in [0.2, 0.25) is 5.02 Å². The Kier molecular flexibility index (Phi) is 7.29. The van der Waals surface area contributed by atoms with E-state index < -0.39 is 24.1 Å². The molecule has 0 spiro atoms. The van der Waals surface area contributed by atoms with Crippen LogP contribution in [0.3, 0.4) is 0 Å². The molecule has 0 aliphatic carbocycles. The first-order valence-corrected chi connectivity index (χ1v) is 11.7. The standard InChI is InChI=1S/C23H22ClN5O4S/c24-15-8-6-14(7-9-15)18-12-17(27-23(32)28-19-5-1-2-10-26-19)20(34-18)21(30)33-16-4-3-11-29(13-16)22(25)31/h1-2,5-10,12,16H,3-4,11,13H2,(H2,25,31)(H2,26,27,28,32). The van der Waals surface area contributed by atoms with Crippen molar-refractivity contribution in [2.75, 3.05) is 23.7 Å². The van der Waals surface area contributed by atoms with Gasteiger partial charge in [-0.2, -0.15) is 0 Å². The SMILES string of the molecule is NC(=O)N1CCCC(OC(=O)c2sc(-c3ccc(Cl)cc3)cc2NC(=O)Nc2ccccn2)C1. The number of urea groups is 2. The Labute approximate surface area is 204 Å². The first-order chi connectivity index (χ1) is 16.4. The van der Waals surface area contributed by atoms with Crippen LogP contribution in [0.4, 0.5) is 21.1 Å². The third-order valence-electron chi connectivity index (χ3n) is 5.16. The first kappa shape index (κ1) is 23.5. The zero-order chi connectivity index (χ0) is 24.1. The normalized spacial score (nSPS) is 15.4. The van der Waals surface area contributed by atoms with E-state index >= 15 is 0 Å². The fraction of sp³-hybridized carbons (Fsp3) is 0.217. The van der Waals surface area contributed by atoms with Crippen LogP contribution in [-0.2, 0) is 4.74 Å². The van der Waals surface area contributed by atoms with E-state index in [-0.39, 0.29) is 11.4 Å². The number of hydrogen-bond acceptors (Lipinski definition) is 6. The summed E-state index contributed by atoms with van der Waals surface area (Å²) in [6.45, 7) is 0.767. The van der Waals surface area contributed by atoms with Gasteiger partial charge in [0.05, 0.1) is 12.2 Å². The smallest absolute Gasteiger partial charge is 0.350 e. The summed E-state index contributed by atoms with van der Waals surface area (Å²) in [6.07, 6.45) is 2.37. The van der Waals surface area contributed by atoms with Crippen LogP contribution in [-0.4, -0.2) is 47.1 Å². The minimum Gasteiger partial charge on any atom is -0.456 e. The average Bonchev–Trinajstić information content (AvgIpc) is 3.24. The molecule has 1 fully saturated rings. The van der Waals surface area contributed by atoms with E-state index in [0.29, 0.717) is 35.9 Å². The number of esters is 1. The summed E-state index contributed by atoms with van der Waals surface area (Å²) in [4.78, 5) is 43.7. The monoisotopic (exact) mass is 499 g/mol. The lowest BCUT2D eigenvalue weighted by molar-refractivity contribution is 0.0134. The van der Waals surface area contributed by atoms with Gasteiger partial charge >= 0.3 is 18.0 Å². The second-order valence-corrected chi connectivity index (χ2v) is 9.10. The average molecular weight is 500 g/mol. The van der Waals surface area contributed by atoms with Gasteiger partial charge in [0.25, 0.3) is 0 Å². The summed E-state index contributed by atoms with van der Waals surface area (Å²) in [5.41, 5.74) is 6.51. The van der Waals surface area contributed by atoms with Gasteiger partial charge < -0.3 is 20.7 Å². The van der Waals surface area contributed by atoms with Crippen molar-refractivity contribution < 1.29 is 19.1 Å². The van der Waals surface area contributed by atoms with E-state index in [1.165, 1.54) is 16.2 Å². The number of benzene rings is 1. The number of carbonyl (C=O) groups is 3. The van der Waals surface area contributed by atoms with Crippen molar-refractivity contribution in [2.45, 2.75) is 18.9 Å². The zero-order valence-electron chi connectivity index (χ0n) is 18.0. The van der Waals surface area contributed by atoms with Gasteiger partial charge in [-0.15, -0.1) is 11.3 Å². The summed E-state index contributed by atoms with van der Waals surface area (Å²) in [5.74, 6) is -0.222. The summed E-state index contributed by atoms with van der Waals surface area (Å²) in [5, 5.41) is 5.93. The predicted octanol–water partition coefficient (Wildman–Crippen LogP) is 4.81. The number of anilines is 2. The second kappa shape index (κ2) is 10.5. The van der Waals surface area contributed by atoms with E-state index in [0.717, 1.165) is 10.4 Å². The van der Waals surface area contributed by atoms with Crippen molar-refractivity contribution in [3.8, 4) is 10.4 Å². The van der Waals surface area contributed by atoms with Crippen LogP contribution in [0.15, 0.2) is 54.7 Å². The molecule has 4 rings (SSSR count). The van der Waals surface area contributed by atoms with Gasteiger partial charge in [0.2, 0.25) is 0 Å². The van der Waals surface area contributed by atoms with Gasteiger partial charge in [-0.05, 0) is 48.7 Å². The fourth-order valence-corrected chi connectivity index (χ4v) is 4.67. The molecule has 0 bridgehead atoms. The highest BCUT2D eigenvalue weighted by molar-refractivity contribution is 7.18. The number of rotatable bonds is 5. The van der Waals surface area contributed by atoms with E-state index in [1.807, 2.05) is 12.1 Å². The molecule has 4 N–H and O–H groups in total. The van der Waals surface area contributed by atoms with Crippen molar-refractivity contribution in [1.82, 2.24) is 9.88 Å². The molecule has 0 radical (unpaired) electrons. The minimum atomic E-state index is -0.588. The molecule has 1 aliphatic rings. The number of nitrogens with zero attached hydrogens (tertiary/aromatic N) is 2. The molecule has 1 aromatic carbocycles. The van der Waals surface area contributed by atoms with Crippen LogP contribution in [0.25, 0.3) is 10.4 Å².